The summed E-state index contributed by atoms with van der Waals surface area (Å²) >= 11 is 1.38. The number of amides is 1. The molecule has 0 aliphatic carbocycles. The molecular formula is C21H17FN4O2S. The second-order valence-electron chi connectivity index (χ2n) is 6.05. The first-order valence-corrected chi connectivity index (χ1v) is 9.83. The van der Waals surface area contributed by atoms with Crippen molar-refractivity contribution < 1.29 is 13.9 Å². The van der Waals surface area contributed by atoms with Crippen LogP contribution in [0.3, 0.4) is 0 Å². The van der Waals surface area contributed by atoms with Crippen LogP contribution >= 0.6 is 11.3 Å². The Hall–Kier alpha value is -3.52. The molecule has 0 radical (unpaired) electrons. The zero-order valence-corrected chi connectivity index (χ0v) is 16.3. The number of hydrogen-bond donors (Lipinski definition) is 1. The molecule has 0 saturated carbocycles. The van der Waals surface area contributed by atoms with Crippen molar-refractivity contribution in [2.75, 3.05) is 11.9 Å². The second-order valence-corrected chi connectivity index (χ2v) is 7.00. The summed E-state index contributed by atoms with van der Waals surface area (Å²) in [5, 5.41) is 9.09. The van der Waals surface area contributed by atoms with Gasteiger partial charge in [-0.1, -0.05) is 18.2 Å². The number of hydrogen-bond acceptors (Lipinski definition) is 5. The molecule has 0 fully saturated rings. The molecule has 1 N–H and O–H groups in total. The molecule has 8 heteroatoms. The van der Waals surface area contributed by atoms with Crippen LogP contribution in [0.1, 0.15) is 16.6 Å². The van der Waals surface area contributed by atoms with Crippen LogP contribution in [-0.2, 0) is 0 Å². The lowest BCUT2D eigenvalue weighted by Gasteiger charge is -2.08. The van der Waals surface area contributed by atoms with Crippen LogP contribution in [0.15, 0.2) is 66.0 Å². The van der Waals surface area contributed by atoms with Gasteiger partial charge < -0.3 is 10.1 Å². The van der Waals surface area contributed by atoms with Crippen molar-refractivity contribution >= 4 is 22.9 Å². The third-order valence-corrected chi connectivity index (χ3v) is 4.93. The Morgan fingerprint density at radius 1 is 1.17 bits per heavy atom. The normalized spacial score (nSPS) is 10.7. The summed E-state index contributed by atoms with van der Waals surface area (Å²) in [5.74, 6) is -0.0578. The third kappa shape index (κ3) is 4.17. The van der Waals surface area contributed by atoms with Gasteiger partial charge in [0.15, 0.2) is 5.82 Å². The van der Waals surface area contributed by atoms with E-state index in [1.807, 2.05) is 18.4 Å². The largest absolute Gasteiger partial charge is 0.463 e. The Labute approximate surface area is 170 Å². The van der Waals surface area contributed by atoms with Crippen molar-refractivity contribution in [3.8, 4) is 23.1 Å². The molecule has 2 aromatic carbocycles. The molecule has 2 aromatic heterocycles. The van der Waals surface area contributed by atoms with E-state index in [-0.39, 0.29) is 17.7 Å². The van der Waals surface area contributed by atoms with Gasteiger partial charge in [-0.3, -0.25) is 4.79 Å². The third-order valence-electron chi connectivity index (χ3n) is 4.06. The number of nitrogens with one attached hydrogen (secondary N) is 1. The molecule has 6 nitrogen and oxygen atoms in total. The van der Waals surface area contributed by atoms with Crippen LogP contribution in [0.2, 0.25) is 0 Å². The van der Waals surface area contributed by atoms with Crippen molar-refractivity contribution in [1.29, 1.82) is 0 Å². The number of benzene rings is 2. The van der Waals surface area contributed by atoms with E-state index in [4.69, 9.17) is 4.74 Å². The van der Waals surface area contributed by atoms with Gasteiger partial charge in [0.05, 0.1) is 17.2 Å². The maximum atomic E-state index is 13.7. The summed E-state index contributed by atoms with van der Waals surface area (Å²) in [5.41, 5.74) is 1.94. The lowest BCUT2D eigenvalue weighted by Crippen LogP contribution is -2.10. The molecular weight excluding hydrogens is 391 g/mol. The lowest BCUT2D eigenvalue weighted by atomic mass is 10.2. The summed E-state index contributed by atoms with van der Waals surface area (Å²) in [6.45, 7) is 2.26. The zero-order valence-electron chi connectivity index (χ0n) is 15.5. The van der Waals surface area contributed by atoms with E-state index in [1.54, 1.807) is 47.1 Å². The van der Waals surface area contributed by atoms with Crippen LogP contribution < -0.4 is 10.1 Å². The summed E-state index contributed by atoms with van der Waals surface area (Å²) in [6, 6.07) is 17.1. The number of rotatable bonds is 6. The van der Waals surface area contributed by atoms with E-state index in [9.17, 15) is 9.18 Å². The minimum atomic E-state index is -0.360. The van der Waals surface area contributed by atoms with Crippen molar-refractivity contribution in [2.24, 2.45) is 0 Å². The van der Waals surface area contributed by atoms with Crippen molar-refractivity contribution in [3.05, 3.63) is 76.7 Å². The Bertz CT molecular complexity index is 1120. The second kappa shape index (κ2) is 8.24. The van der Waals surface area contributed by atoms with E-state index in [2.05, 4.69) is 15.4 Å². The smallest absolute Gasteiger partial charge is 0.336 e. The average molecular weight is 408 g/mol. The first-order chi connectivity index (χ1) is 14.1. The van der Waals surface area contributed by atoms with E-state index < -0.39 is 0 Å². The number of aromatic nitrogens is 3. The van der Waals surface area contributed by atoms with Gasteiger partial charge in [0.1, 0.15) is 5.82 Å². The summed E-state index contributed by atoms with van der Waals surface area (Å²) < 4.78 is 20.7. The fourth-order valence-corrected chi connectivity index (χ4v) is 3.38. The molecule has 29 heavy (non-hydrogen) atoms. The first-order valence-electron chi connectivity index (χ1n) is 8.95. The number of carbonyl (C=O) groups is 1. The Kier molecular flexibility index (Phi) is 5.35. The van der Waals surface area contributed by atoms with Gasteiger partial charge in [0, 0.05) is 11.3 Å². The number of carbonyl (C=O) groups excluding carboxylic acids is 1. The first kappa shape index (κ1) is 18.8. The van der Waals surface area contributed by atoms with Gasteiger partial charge in [-0.05, 0) is 54.8 Å². The minimum absolute atomic E-state index is 0.160. The molecule has 146 valence electrons. The summed E-state index contributed by atoms with van der Waals surface area (Å²) in [6.07, 6.45) is 0. The number of nitrogens with zero attached hydrogens (tertiary/aromatic N) is 3. The molecule has 1 amide bonds. The maximum Gasteiger partial charge on any atom is 0.336 e. The van der Waals surface area contributed by atoms with E-state index in [1.165, 1.54) is 23.5 Å². The highest BCUT2D eigenvalue weighted by molar-refractivity contribution is 7.12. The van der Waals surface area contributed by atoms with Crippen LogP contribution in [0.25, 0.3) is 17.1 Å². The number of ether oxygens (including phenoxy) is 1. The van der Waals surface area contributed by atoms with Gasteiger partial charge in [-0.15, -0.1) is 16.4 Å². The van der Waals surface area contributed by atoms with Gasteiger partial charge in [-0.25, -0.2) is 9.07 Å². The molecule has 0 aliphatic rings. The number of thiophene rings is 1. The zero-order chi connectivity index (χ0) is 20.2. The molecule has 0 unspecified atom stereocenters. The van der Waals surface area contributed by atoms with Gasteiger partial charge >= 0.3 is 6.01 Å². The quantitative estimate of drug-likeness (QED) is 0.498. The lowest BCUT2D eigenvalue weighted by molar-refractivity contribution is 0.103. The molecule has 0 saturated heterocycles. The van der Waals surface area contributed by atoms with Crippen LogP contribution in [0, 0.1) is 5.82 Å². The number of halogens is 1. The van der Waals surface area contributed by atoms with Crippen molar-refractivity contribution in [2.45, 2.75) is 6.92 Å². The Morgan fingerprint density at radius 2 is 2.00 bits per heavy atom. The van der Waals surface area contributed by atoms with Gasteiger partial charge in [0.25, 0.3) is 5.91 Å². The highest BCUT2D eigenvalue weighted by Gasteiger charge is 2.15. The minimum Gasteiger partial charge on any atom is -0.463 e. The van der Waals surface area contributed by atoms with E-state index in [0.717, 1.165) is 0 Å². The average Bonchev–Trinajstić information content (AvgIpc) is 3.39. The van der Waals surface area contributed by atoms with E-state index in [0.29, 0.717) is 34.2 Å². The Morgan fingerprint density at radius 3 is 2.69 bits per heavy atom. The number of anilines is 1. The molecule has 0 bridgehead atoms. The standard InChI is InChI=1S/C21H17FN4O2S/c1-2-28-21-24-19(14-5-3-6-15(22)13-14)26(25-21)17-10-8-16(9-11-17)23-20(27)18-7-4-12-29-18/h3-13H,2H2,1H3,(H,23,27). The predicted octanol–water partition coefficient (Wildman–Crippen LogP) is 4.79. The Balaban J connectivity index is 1.64. The summed E-state index contributed by atoms with van der Waals surface area (Å²) in [4.78, 5) is 17.2. The molecule has 2 heterocycles. The van der Waals surface area contributed by atoms with Gasteiger partial charge in [-0.2, -0.15) is 4.98 Å². The molecule has 0 spiro atoms. The predicted molar refractivity (Wildman–Crippen MR) is 110 cm³/mol. The van der Waals surface area contributed by atoms with Crippen LogP contribution in [0.4, 0.5) is 10.1 Å². The molecule has 4 aromatic rings. The highest BCUT2D eigenvalue weighted by atomic mass is 32.1. The summed E-state index contributed by atoms with van der Waals surface area (Å²) in [7, 11) is 0. The molecule has 0 aliphatic heterocycles. The van der Waals surface area contributed by atoms with Crippen molar-refractivity contribution in [1.82, 2.24) is 14.8 Å². The topological polar surface area (TPSA) is 69.0 Å². The maximum absolute atomic E-state index is 13.7. The van der Waals surface area contributed by atoms with Crippen molar-refractivity contribution in [3.63, 3.8) is 0 Å². The van der Waals surface area contributed by atoms with E-state index >= 15 is 0 Å². The fraction of sp³-hybridized carbons (Fsp3) is 0.0952. The molecule has 4 rings (SSSR count). The fourth-order valence-electron chi connectivity index (χ4n) is 2.76. The van der Waals surface area contributed by atoms with Crippen LogP contribution in [0.5, 0.6) is 6.01 Å². The monoisotopic (exact) mass is 408 g/mol. The van der Waals surface area contributed by atoms with Crippen LogP contribution in [-0.4, -0.2) is 27.3 Å². The SMILES string of the molecule is CCOc1nc(-c2cccc(F)c2)n(-c2ccc(NC(=O)c3cccs3)cc2)n1. The van der Waals surface area contributed by atoms with Gasteiger partial charge in [0.2, 0.25) is 0 Å². The molecule has 0 atom stereocenters. The highest BCUT2D eigenvalue weighted by Crippen LogP contribution is 2.25.